The number of piperidine rings is 1. The Bertz CT molecular complexity index is 1280. The highest BCUT2D eigenvalue weighted by atomic mass is 35.5. The first-order valence-electron chi connectivity index (χ1n) is 12.9. The van der Waals surface area contributed by atoms with Crippen molar-refractivity contribution in [1.29, 1.82) is 0 Å². The first-order valence-corrected chi connectivity index (χ1v) is 15.5. The molecule has 4 rings (SSSR count). The van der Waals surface area contributed by atoms with E-state index < -0.39 is 27.4 Å². The number of rotatable bonds is 11. The van der Waals surface area contributed by atoms with Crippen molar-refractivity contribution < 1.29 is 23.1 Å². The predicted octanol–water partition coefficient (Wildman–Crippen LogP) is 5.50. The number of carboxylic acids is 1. The van der Waals surface area contributed by atoms with E-state index in [2.05, 4.69) is 5.32 Å². The van der Waals surface area contributed by atoms with Crippen molar-refractivity contribution >= 4 is 45.1 Å². The van der Waals surface area contributed by atoms with Crippen LogP contribution in [0.5, 0.6) is 0 Å². The molecule has 0 aromatic heterocycles. The summed E-state index contributed by atoms with van der Waals surface area (Å²) in [6.07, 6.45) is 3.34. The van der Waals surface area contributed by atoms with Crippen LogP contribution in [0.3, 0.4) is 0 Å². The maximum absolute atomic E-state index is 13.9. The summed E-state index contributed by atoms with van der Waals surface area (Å²) in [5.74, 6) is -1.47. The van der Waals surface area contributed by atoms with E-state index in [1.807, 2.05) is 30.3 Å². The summed E-state index contributed by atoms with van der Waals surface area (Å²) in [6.45, 7) is 2.39. The second kappa shape index (κ2) is 11.5. The van der Waals surface area contributed by atoms with Gasteiger partial charge in [0.05, 0.1) is 24.1 Å². The summed E-state index contributed by atoms with van der Waals surface area (Å²) in [4.78, 5) is 26.1. The topological polar surface area (TPSA) is 104 Å². The largest absolute Gasteiger partial charge is 0.481 e. The zero-order valence-electron chi connectivity index (χ0n) is 21.6. The third kappa shape index (κ3) is 6.71. The van der Waals surface area contributed by atoms with Crippen molar-refractivity contribution in [2.45, 2.75) is 51.0 Å². The molecule has 1 heterocycles. The predicted molar refractivity (Wildman–Crippen MR) is 149 cm³/mol. The first-order chi connectivity index (χ1) is 17.9. The first kappa shape index (κ1) is 28.9. The van der Waals surface area contributed by atoms with Crippen LogP contribution >= 0.6 is 23.2 Å². The third-order valence-electron chi connectivity index (χ3n) is 7.98. The number of halogens is 2. The molecule has 2 fully saturated rings. The smallest absolute Gasteiger partial charge is 0.304 e. The van der Waals surface area contributed by atoms with E-state index in [-0.39, 0.29) is 36.6 Å². The molecule has 2 aromatic carbocycles. The zero-order chi connectivity index (χ0) is 27.7. The summed E-state index contributed by atoms with van der Waals surface area (Å²) in [5, 5.41) is 14.3. The van der Waals surface area contributed by atoms with E-state index in [0.717, 1.165) is 24.0 Å². The molecule has 4 atom stereocenters. The second-order valence-electron chi connectivity index (χ2n) is 10.7. The van der Waals surface area contributed by atoms with Gasteiger partial charge in [-0.2, -0.15) is 0 Å². The number of nitrogens with one attached hydrogen (secondary N) is 1. The van der Waals surface area contributed by atoms with E-state index >= 15 is 0 Å². The molecule has 1 amide bonds. The Morgan fingerprint density at radius 3 is 2.37 bits per heavy atom. The number of carboxylic acid groups (broad SMARTS) is 1. The van der Waals surface area contributed by atoms with Gasteiger partial charge in [-0.25, -0.2) is 12.7 Å². The Morgan fingerprint density at radius 2 is 1.82 bits per heavy atom. The lowest BCUT2D eigenvalue weighted by atomic mass is 9.63. The molecule has 0 unspecified atom stereocenters. The van der Waals surface area contributed by atoms with Crippen LogP contribution in [-0.4, -0.2) is 49.1 Å². The van der Waals surface area contributed by atoms with E-state index in [1.54, 1.807) is 25.1 Å². The monoisotopic (exact) mass is 580 g/mol. The second-order valence-corrected chi connectivity index (χ2v) is 13.6. The summed E-state index contributed by atoms with van der Waals surface area (Å²) in [6, 6.07) is 14.3. The standard InChI is InChI=1S/C28H34Cl2N2O5S/c1-3-32(38(2,36)37)17-21(18-7-8-18)14-28(16-25(33)34)15-24(20-5-4-6-23(30)13-20)26(31-27(28)35)19-9-11-22(29)12-10-19/h4-6,9-13,18,21,24,26H,3,7-8,14-17H2,1-2H3,(H,31,35)(H,33,34)/t21-,24-,26-,28-/m1/s1. The van der Waals surface area contributed by atoms with Gasteiger partial charge in [0.25, 0.3) is 0 Å². The van der Waals surface area contributed by atoms with Gasteiger partial charge in [-0.05, 0) is 72.9 Å². The average Bonchev–Trinajstić information content (AvgIpc) is 3.68. The number of amides is 1. The zero-order valence-corrected chi connectivity index (χ0v) is 23.9. The lowest BCUT2D eigenvalue weighted by Crippen LogP contribution is -2.53. The van der Waals surface area contributed by atoms with Crippen LogP contribution in [0.15, 0.2) is 48.5 Å². The van der Waals surface area contributed by atoms with E-state index in [1.165, 1.54) is 10.6 Å². The summed E-state index contributed by atoms with van der Waals surface area (Å²) in [7, 11) is -3.43. The molecule has 1 aliphatic carbocycles. The van der Waals surface area contributed by atoms with Crippen LogP contribution in [0.25, 0.3) is 0 Å². The van der Waals surface area contributed by atoms with Crippen LogP contribution in [-0.2, 0) is 19.6 Å². The molecule has 10 heteroatoms. The van der Waals surface area contributed by atoms with Gasteiger partial charge in [0.1, 0.15) is 0 Å². The molecule has 1 aliphatic heterocycles. The van der Waals surface area contributed by atoms with Crippen molar-refractivity contribution in [2.75, 3.05) is 19.3 Å². The van der Waals surface area contributed by atoms with E-state index in [4.69, 9.17) is 23.2 Å². The Morgan fingerprint density at radius 1 is 1.13 bits per heavy atom. The van der Waals surface area contributed by atoms with Gasteiger partial charge in [-0.1, -0.05) is 54.4 Å². The molecular weight excluding hydrogens is 547 g/mol. The van der Waals surface area contributed by atoms with Gasteiger partial charge in [-0.15, -0.1) is 0 Å². The van der Waals surface area contributed by atoms with Crippen LogP contribution in [0.1, 0.15) is 62.1 Å². The number of aliphatic carboxylic acids is 1. The molecule has 206 valence electrons. The third-order valence-corrected chi connectivity index (χ3v) is 9.81. The lowest BCUT2D eigenvalue weighted by Gasteiger charge is -2.46. The highest BCUT2D eigenvalue weighted by molar-refractivity contribution is 7.88. The highest BCUT2D eigenvalue weighted by Gasteiger charge is 2.52. The van der Waals surface area contributed by atoms with Crippen molar-refractivity contribution in [2.24, 2.45) is 17.3 Å². The molecule has 0 spiro atoms. The van der Waals surface area contributed by atoms with Gasteiger partial charge in [0.2, 0.25) is 15.9 Å². The SMILES string of the molecule is CCN(C[C@@H](C[C@]1(CC(=O)O)C[C@H](c2cccc(Cl)c2)[C@@H](c2ccc(Cl)cc2)NC1=O)C1CC1)S(C)(=O)=O. The molecule has 1 saturated carbocycles. The molecular formula is C28H34Cl2N2O5S. The fraction of sp³-hybridized carbons (Fsp3) is 0.500. The minimum absolute atomic E-state index is 0.123. The van der Waals surface area contributed by atoms with Crippen molar-refractivity contribution in [3.05, 3.63) is 69.7 Å². The molecule has 2 aliphatic rings. The summed E-state index contributed by atoms with van der Waals surface area (Å²) < 4.78 is 26.2. The number of carbonyl (C=O) groups excluding carboxylic acids is 1. The Balaban J connectivity index is 1.74. The van der Waals surface area contributed by atoms with Gasteiger partial charge in [0.15, 0.2) is 0 Å². The Kier molecular flexibility index (Phi) is 8.77. The maximum Gasteiger partial charge on any atom is 0.304 e. The molecule has 7 nitrogen and oxygen atoms in total. The van der Waals surface area contributed by atoms with Crippen LogP contribution in [0.4, 0.5) is 0 Å². The number of hydrogen-bond donors (Lipinski definition) is 2. The van der Waals surface area contributed by atoms with Gasteiger partial charge >= 0.3 is 5.97 Å². The number of hydrogen-bond acceptors (Lipinski definition) is 4. The van der Waals surface area contributed by atoms with Crippen LogP contribution < -0.4 is 5.32 Å². The molecule has 38 heavy (non-hydrogen) atoms. The van der Waals surface area contributed by atoms with Crippen LogP contribution in [0, 0.1) is 17.3 Å². The number of nitrogens with zero attached hydrogens (tertiary/aromatic N) is 1. The highest BCUT2D eigenvalue weighted by Crippen LogP contribution is 2.52. The summed E-state index contributed by atoms with van der Waals surface area (Å²) in [5.41, 5.74) is 0.567. The van der Waals surface area contributed by atoms with Crippen molar-refractivity contribution in [3.8, 4) is 0 Å². The Hall–Kier alpha value is -2.13. The summed E-state index contributed by atoms with van der Waals surface area (Å²) >= 11 is 12.5. The molecule has 0 radical (unpaired) electrons. The fourth-order valence-corrected chi connectivity index (χ4v) is 7.22. The molecule has 2 N–H and O–H groups in total. The van der Waals surface area contributed by atoms with Crippen molar-refractivity contribution in [3.63, 3.8) is 0 Å². The quantitative estimate of drug-likeness (QED) is 0.365. The Labute approximate surface area is 234 Å². The minimum atomic E-state index is -3.43. The maximum atomic E-state index is 13.9. The minimum Gasteiger partial charge on any atom is -0.481 e. The molecule has 1 saturated heterocycles. The molecule has 2 aromatic rings. The average molecular weight is 582 g/mol. The number of sulfonamides is 1. The van der Waals surface area contributed by atoms with Gasteiger partial charge in [-0.3, -0.25) is 9.59 Å². The normalized spacial score (nSPS) is 24.7. The lowest BCUT2D eigenvalue weighted by molar-refractivity contribution is -0.149. The van der Waals surface area contributed by atoms with Crippen LogP contribution in [0.2, 0.25) is 10.0 Å². The number of carbonyl (C=O) groups is 2. The number of benzene rings is 2. The fourth-order valence-electron chi connectivity index (χ4n) is 5.96. The molecule has 0 bridgehead atoms. The van der Waals surface area contributed by atoms with E-state index in [9.17, 15) is 23.1 Å². The van der Waals surface area contributed by atoms with Gasteiger partial charge in [0, 0.05) is 29.1 Å². The van der Waals surface area contributed by atoms with E-state index in [0.29, 0.717) is 29.4 Å². The van der Waals surface area contributed by atoms with Crippen molar-refractivity contribution in [1.82, 2.24) is 9.62 Å². The van der Waals surface area contributed by atoms with Gasteiger partial charge < -0.3 is 10.4 Å².